The molecule has 11 nitrogen and oxygen atoms in total. The van der Waals surface area contributed by atoms with E-state index < -0.39 is 42.9 Å². The molecule has 140 valence electrons. The minimum absolute atomic E-state index is 0.117. The highest BCUT2D eigenvalue weighted by Crippen LogP contribution is 2.27. The number of aromatic nitrogens is 3. The maximum absolute atomic E-state index is 12.0. The average Bonchev–Trinajstić information content (AvgIpc) is 2.87. The van der Waals surface area contributed by atoms with Gasteiger partial charge in [-0.1, -0.05) is 19.8 Å². The van der Waals surface area contributed by atoms with E-state index in [0.717, 1.165) is 30.1 Å². The van der Waals surface area contributed by atoms with E-state index in [4.69, 9.17) is 14.6 Å². The highest BCUT2D eigenvalue weighted by Gasteiger charge is 2.44. The Morgan fingerprint density at radius 3 is 2.76 bits per heavy atom. The second-order valence-corrected chi connectivity index (χ2v) is 5.57. The van der Waals surface area contributed by atoms with E-state index >= 15 is 0 Å². The van der Waals surface area contributed by atoms with Gasteiger partial charge in [0.15, 0.2) is 12.0 Å². The summed E-state index contributed by atoms with van der Waals surface area (Å²) in [7, 11) is 0. The van der Waals surface area contributed by atoms with Gasteiger partial charge in [-0.3, -0.25) is 5.32 Å². The van der Waals surface area contributed by atoms with Crippen LogP contribution in [-0.2, 0) is 9.47 Å². The van der Waals surface area contributed by atoms with Crippen molar-refractivity contribution < 1.29 is 29.6 Å². The number of nitrogens with one attached hydrogen (secondary N) is 1. The second-order valence-electron chi connectivity index (χ2n) is 5.57. The number of amides is 1. The fourth-order valence-corrected chi connectivity index (χ4v) is 2.32. The summed E-state index contributed by atoms with van der Waals surface area (Å²) in [5, 5.41) is 34.7. The van der Waals surface area contributed by atoms with Gasteiger partial charge in [-0.25, -0.2) is 9.59 Å². The molecule has 1 aliphatic rings. The molecule has 1 fully saturated rings. The third-order valence-electron chi connectivity index (χ3n) is 3.69. The molecule has 11 heteroatoms. The molecule has 2 rings (SSSR count). The summed E-state index contributed by atoms with van der Waals surface area (Å²) in [6.07, 6.45) is -2.14. The van der Waals surface area contributed by atoms with Crippen LogP contribution in [0.2, 0.25) is 0 Å². The Bertz CT molecular complexity index is 638. The number of carbonyl (C=O) groups excluding carboxylic acids is 1. The summed E-state index contributed by atoms with van der Waals surface area (Å²) in [5.41, 5.74) is -0.904. The largest absolute Gasteiger partial charge is 0.449 e. The molecule has 4 N–H and O–H groups in total. The monoisotopic (exact) mass is 358 g/mol. The van der Waals surface area contributed by atoms with Crippen molar-refractivity contribution in [3.05, 3.63) is 16.7 Å². The summed E-state index contributed by atoms with van der Waals surface area (Å²) in [6, 6.07) is 0. The molecular formula is C14H22N4O7. The zero-order valence-electron chi connectivity index (χ0n) is 13.7. The molecule has 0 saturated carbocycles. The third kappa shape index (κ3) is 4.72. The summed E-state index contributed by atoms with van der Waals surface area (Å²) in [6.45, 7) is 1.75. The number of hydrogen-bond donors (Lipinski definition) is 4. The predicted octanol–water partition coefficient (Wildman–Crippen LogP) is -1.01. The van der Waals surface area contributed by atoms with Crippen molar-refractivity contribution in [1.82, 2.24) is 14.8 Å². The van der Waals surface area contributed by atoms with Crippen molar-refractivity contribution in [3.63, 3.8) is 0 Å². The minimum atomic E-state index is -1.45. The number of aliphatic hydroxyl groups is 3. The van der Waals surface area contributed by atoms with Gasteiger partial charge in [0.2, 0.25) is 0 Å². The first-order valence-corrected chi connectivity index (χ1v) is 8.00. The van der Waals surface area contributed by atoms with Crippen molar-refractivity contribution in [3.8, 4) is 0 Å². The van der Waals surface area contributed by atoms with E-state index in [1.54, 1.807) is 0 Å². The van der Waals surface area contributed by atoms with Crippen LogP contribution in [-0.4, -0.2) is 67.7 Å². The van der Waals surface area contributed by atoms with Crippen LogP contribution < -0.4 is 11.0 Å². The number of anilines is 1. The fraction of sp³-hybridized carbons (Fsp3) is 0.714. The van der Waals surface area contributed by atoms with E-state index in [1.165, 1.54) is 0 Å². The smallest absolute Gasteiger partial charge is 0.412 e. The van der Waals surface area contributed by atoms with Gasteiger partial charge in [0.1, 0.15) is 18.3 Å². The minimum Gasteiger partial charge on any atom is -0.449 e. The summed E-state index contributed by atoms with van der Waals surface area (Å²) in [5.74, 6) is -0.117. The lowest BCUT2D eigenvalue weighted by Crippen LogP contribution is -2.37. The van der Waals surface area contributed by atoms with E-state index in [9.17, 15) is 19.8 Å². The third-order valence-corrected chi connectivity index (χ3v) is 3.69. The van der Waals surface area contributed by atoms with Crippen LogP contribution in [0.4, 0.5) is 10.6 Å². The molecule has 0 unspecified atom stereocenters. The van der Waals surface area contributed by atoms with E-state index in [1.807, 2.05) is 6.92 Å². The zero-order chi connectivity index (χ0) is 18.4. The molecule has 0 aromatic carbocycles. The normalized spacial score (nSPS) is 25.8. The van der Waals surface area contributed by atoms with Gasteiger partial charge in [-0.15, -0.1) is 0 Å². The Hall–Kier alpha value is -2.08. The molecule has 0 spiro atoms. The van der Waals surface area contributed by atoms with E-state index in [2.05, 4.69) is 15.4 Å². The maximum atomic E-state index is 12.0. The fourth-order valence-electron chi connectivity index (χ4n) is 2.32. The highest BCUT2D eigenvalue weighted by molar-refractivity contribution is 5.82. The molecule has 0 aliphatic carbocycles. The number of ether oxygens (including phenoxy) is 2. The Labute approximate surface area is 143 Å². The summed E-state index contributed by atoms with van der Waals surface area (Å²) >= 11 is 0. The lowest BCUT2D eigenvalue weighted by molar-refractivity contribution is -0.0616. The molecule has 1 aliphatic heterocycles. The van der Waals surface area contributed by atoms with Gasteiger partial charge >= 0.3 is 11.8 Å². The number of carbonyl (C=O) groups is 1. The predicted molar refractivity (Wildman–Crippen MR) is 83.8 cm³/mol. The molecule has 1 aromatic heterocycles. The van der Waals surface area contributed by atoms with Crippen molar-refractivity contribution in [2.45, 2.75) is 50.7 Å². The Balaban J connectivity index is 1.99. The number of aliphatic hydroxyl groups excluding tert-OH is 3. The Morgan fingerprint density at radius 1 is 1.40 bits per heavy atom. The summed E-state index contributed by atoms with van der Waals surface area (Å²) < 4.78 is 10.8. The van der Waals surface area contributed by atoms with Crippen LogP contribution in [0.25, 0.3) is 0 Å². The molecule has 0 bridgehead atoms. The van der Waals surface area contributed by atoms with Crippen LogP contribution in [0.1, 0.15) is 32.4 Å². The van der Waals surface area contributed by atoms with E-state index in [-0.39, 0.29) is 12.4 Å². The van der Waals surface area contributed by atoms with E-state index in [0.29, 0.717) is 0 Å². The summed E-state index contributed by atoms with van der Waals surface area (Å²) in [4.78, 5) is 27.2. The quantitative estimate of drug-likeness (QED) is 0.448. The first-order chi connectivity index (χ1) is 12.0. The van der Waals surface area contributed by atoms with Crippen LogP contribution in [0.15, 0.2) is 11.0 Å². The van der Waals surface area contributed by atoms with Gasteiger partial charge in [0, 0.05) is 0 Å². The molecule has 4 atom stereocenters. The van der Waals surface area contributed by atoms with Crippen molar-refractivity contribution in [1.29, 1.82) is 0 Å². The van der Waals surface area contributed by atoms with Gasteiger partial charge in [-0.2, -0.15) is 14.8 Å². The van der Waals surface area contributed by atoms with Crippen LogP contribution in [0.5, 0.6) is 0 Å². The van der Waals surface area contributed by atoms with Gasteiger partial charge in [-0.05, 0) is 6.42 Å². The lowest BCUT2D eigenvalue weighted by atomic mass is 10.1. The molecule has 2 heterocycles. The Kier molecular flexibility index (Phi) is 6.82. The van der Waals surface area contributed by atoms with Crippen LogP contribution >= 0.6 is 0 Å². The van der Waals surface area contributed by atoms with Crippen LogP contribution in [0.3, 0.4) is 0 Å². The van der Waals surface area contributed by atoms with Gasteiger partial charge in [0.25, 0.3) is 0 Å². The SMILES string of the molecule is CCCCCOC(=O)Nc1cnn([C@@H]2O[C@H](CO)[C@@H](O)[C@H]2O)c(=O)n1. The average molecular weight is 358 g/mol. The molecule has 1 amide bonds. The second kappa shape index (κ2) is 8.85. The van der Waals surface area contributed by atoms with Crippen LogP contribution in [0, 0.1) is 0 Å². The number of nitrogens with zero attached hydrogens (tertiary/aromatic N) is 3. The molecular weight excluding hydrogens is 336 g/mol. The van der Waals surface area contributed by atoms with Crippen molar-refractivity contribution in [2.24, 2.45) is 0 Å². The highest BCUT2D eigenvalue weighted by atomic mass is 16.6. The first-order valence-electron chi connectivity index (χ1n) is 8.00. The molecule has 0 radical (unpaired) electrons. The Morgan fingerprint density at radius 2 is 2.16 bits per heavy atom. The van der Waals surface area contributed by atoms with Gasteiger partial charge < -0.3 is 24.8 Å². The van der Waals surface area contributed by atoms with Crippen molar-refractivity contribution in [2.75, 3.05) is 18.5 Å². The number of hydrogen-bond acceptors (Lipinski definition) is 9. The standard InChI is InChI=1S/C14H22N4O7/c1-2-3-4-5-24-14(23)17-9-6-15-18(13(22)16-9)12-11(21)10(20)8(7-19)25-12/h6,8,10-12,19-21H,2-5,7H2,1H3,(H,16,17,22,23)/t8-,10-,11-,12-/m1/s1. The van der Waals surface area contributed by atoms with Gasteiger partial charge in [0.05, 0.1) is 19.4 Å². The zero-order valence-corrected chi connectivity index (χ0v) is 13.7. The first kappa shape index (κ1) is 19.2. The lowest BCUT2D eigenvalue weighted by Gasteiger charge is -2.15. The number of unbranched alkanes of at least 4 members (excludes halogenated alkanes) is 2. The number of rotatable bonds is 7. The molecule has 25 heavy (non-hydrogen) atoms. The molecule has 1 aromatic rings. The topological polar surface area (TPSA) is 156 Å². The maximum Gasteiger partial charge on any atom is 0.412 e. The molecule has 1 saturated heterocycles. The van der Waals surface area contributed by atoms with Crippen molar-refractivity contribution >= 4 is 11.9 Å².